The number of benzene rings is 1. The SMILES string of the molecule is C=C/C=C(\C=C)C(=O)N1CCN(C(=O)Cn2cc3cc(NC(=O)c4cccc(NC5CNC5)n4)ccc3n2)CC1. The van der Waals surface area contributed by atoms with E-state index in [1.807, 2.05) is 12.1 Å². The van der Waals surface area contributed by atoms with Crippen molar-refractivity contribution in [2.45, 2.75) is 12.6 Å². The van der Waals surface area contributed by atoms with Gasteiger partial charge in [-0.05, 0) is 30.3 Å². The van der Waals surface area contributed by atoms with Gasteiger partial charge >= 0.3 is 0 Å². The molecule has 1 aromatic carbocycles. The first kappa shape index (κ1) is 26.8. The molecule has 0 atom stereocenters. The van der Waals surface area contributed by atoms with Gasteiger partial charge in [-0.1, -0.05) is 37.5 Å². The van der Waals surface area contributed by atoms with Crippen LogP contribution in [0.2, 0.25) is 0 Å². The fourth-order valence-corrected chi connectivity index (χ4v) is 4.61. The van der Waals surface area contributed by atoms with Crippen LogP contribution in [0.5, 0.6) is 0 Å². The smallest absolute Gasteiger partial charge is 0.274 e. The summed E-state index contributed by atoms with van der Waals surface area (Å²) in [4.78, 5) is 46.3. The maximum absolute atomic E-state index is 12.9. The number of fused-ring (bicyclic) bond motifs is 1. The Morgan fingerprint density at radius 2 is 1.82 bits per heavy atom. The molecule has 0 aliphatic carbocycles. The van der Waals surface area contributed by atoms with Crippen LogP contribution in [0, 0.1) is 0 Å². The molecule has 0 bridgehead atoms. The third-order valence-electron chi connectivity index (χ3n) is 6.91. The van der Waals surface area contributed by atoms with E-state index < -0.39 is 0 Å². The summed E-state index contributed by atoms with van der Waals surface area (Å²) in [6.45, 7) is 10.9. The van der Waals surface area contributed by atoms with Crippen molar-refractivity contribution in [3.05, 3.63) is 85.2 Å². The van der Waals surface area contributed by atoms with Crippen LogP contribution in [0.3, 0.4) is 0 Å². The molecule has 2 aliphatic heterocycles. The Labute approximate surface area is 232 Å². The van der Waals surface area contributed by atoms with Gasteiger partial charge in [0.25, 0.3) is 11.8 Å². The van der Waals surface area contributed by atoms with Gasteiger partial charge in [-0.15, -0.1) is 0 Å². The van der Waals surface area contributed by atoms with Crippen LogP contribution in [-0.2, 0) is 16.1 Å². The van der Waals surface area contributed by atoms with Gasteiger partial charge < -0.3 is 25.8 Å². The van der Waals surface area contributed by atoms with Gasteiger partial charge in [-0.25, -0.2) is 4.98 Å². The highest BCUT2D eigenvalue weighted by Gasteiger charge is 2.25. The third kappa shape index (κ3) is 6.10. The minimum absolute atomic E-state index is 0.0729. The Morgan fingerprint density at radius 3 is 2.52 bits per heavy atom. The molecule has 0 radical (unpaired) electrons. The van der Waals surface area contributed by atoms with Gasteiger partial charge in [-0.2, -0.15) is 5.10 Å². The minimum Gasteiger partial charge on any atom is -0.365 e. The number of amides is 3. The largest absolute Gasteiger partial charge is 0.365 e. The molecule has 4 heterocycles. The van der Waals surface area contributed by atoms with Crippen molar-refractivity contribution in [1.29, 1.82) is 0 Å². The van der Waals surface area contributed by atoms with Gasteiger partial charge in [0.1, 0.15) is 18.1 Å². The first-order valence-corrected chi connectivity index (χ1v) is 13.2. The topological polar surface area (TPSA) is 124 Å². The van der Waals surface area contributed by atoms with Crippen LogP contribution in [-0.4, -0.2) is 87.6 Å². The molecule has 0 saturated carbocycles. The molecular weight excluding hydrogens is 508 g/mol. The van der Waals surface area contributed by atoms with E-state index in [9.17, 15) is 14.4 Å². The average molecular weight is 541 g/mol. The van der Waals surface area contributed by atoms with E-state index in [1.165, 1.54) is 6.08 Å². The van der Waals surface area contributed by atoms with Crippen LogP contribution in [0.25, 0.3) is 10.9 Å². The monoisotopic (exact) mass is 540 g/mol. The highest BCUT2D eigenvalue weighted by Crippen LogP contribution is 2.19. The van der Waals surface area contributed by atoms with Crippen molar-refractivity contribution in [2.75, 3.05) is 49.9 Å². The molecule has 3 aromatic rings. The van der Waals surface area contributed by atoms with Gasteiger partial charge in [0.15, 0.2) is 0 Å². The number of nitrogens with zero attached hydrogens (tertiary/aromatic N) is 5. The quantitative estimate of drug-likeness (QED) is 0.280. The Kier molecular flexibility index (Phi) is 8.02. The maximum atomic E-state index is 12.9. The van der Waals surface area contributed by atoms with Crippen molar-refractivity contribution in [3.63, 3.8) is 0 Å². The van der Waals surface area contributed by atoms with Crippen LogP contribution in [0.1, 0.15) is 10.5 Å². The van der Waals surface area contributed by atoms with Crippen LogP contribution in [0.4, 0.5) is 11.5 Å². The van der Waals surface area contributed by atoms with Crippen LogP contribution < -0.4 is 16.0 Å². The number of hydrogen-bond donors (Lipinski definition) is 3. The predicted molar refractivity (Wildman–Crippen MR) is 154 cm³/mol. The lowest BCUT2D eigenvalue weighted by molar-refractivity contribution is -0.138. The van der Waals surface area contributed by atoms with E-state index in [2.05, 4.69) is 39.2 Å². The van der Waals surface area contributed by atoms with Gasteiger partial charge in [0.05, 0.1) is 11.6 Å². The molecule has 0 spiro atoms. The summed E-state index contributed by atoms with van der Waals surface area (Å²) in [6, 6.07) is 11.0. The zero-order valence-corrected chi connectivity index (χ0v) is 22.2. The molecule has 3 amide bonds. The number of nitrogens with one attached hydrogen (secondary N) is 3. The molecule has 2 aliphatic rings. The fourth-order valence-electron chi connectivity index (χ4n) is 4.61. The lowest BCUT2D eigenvalue weighted by Crippen LogP contribution is -2.51. The summed E-state index contributed by atoms with van der Waals surface area (Å²) in [7, 11) is 0. The number of piperazine rings is 1. The van der Waals surface area contributed by atoms with E-state index >= 15 is 0 Å². The Morgan fingerprint density at radius 1 is 1.05 bits per heavy atom. The summed E-state index contributed by atoms with van der Waals surface area (Å²) < 4.78 is 1.60. The third-order valence-corrected chi connectivity index (χ3v) is 6.91. The Bertz CT molecular complexity index is 1480. The Balaban J connectivity index is 1.17. The summed E-state index contributed by atoms with van der Waals surface area (Å²) in [5.41, 5.74) is 2.12. The van der Waals surface area contributed by atoms with Gasteiger partial charge in [0.2, 0.25) is 5.91 Å². The molecule has 11 nitrogen and oxygen atoms in total. The standard InChI is InChI=1S/C29H32N8O3/c1-3-6-20(4-2)29(40)36-13-11-35(12-14-36)27(38)19-37-18-21-15-22(9-10-24(21)34-37)32-28(39)25-7-5-8-26(33-25)31-23-16-30-17-23/h3-10,15,18,23,30H,1-2,11-14,16-17,19H2,(H,31,33)(H,32,39)/b20-6+. The van der Waals surface area contributed by atoms with Crippen molar-refractivity contribution in [3.8, 4) is 0 Å². The summed E-state index contributed by atoms with van der Waals surface area (Å²) >= 11 is 0. The number of carbonyl (C=O) groups excluding carboxylic acids is 3. The number of rotatable bonds is 9. The average Bonchev–Trinajstić information content (AvgIpc) is 3.35. The van der Waals surface area contributed by atoms with E-state index in [4.69, 9.17) is 0 Å². The van der Waals surface area contributed by atoms with Crippen molar-refractivity contribution in [1.82, 2.24) is 29.9 Å². The molecule has 2 saturated heterocycles. The number of anilines is 2. The van der Waals surface area contributed by atoms with E-state index in [0.29, 0.717) is 60.5 Å². The molecule has 40 heavy (non-hydrogen) atoms. The molecule has 11 heteroatoms. The lowest BCUT2D eigenvalue weighted by atomic mass is 10.2. The highest BCUT2D eigenvalue weighted by atomic mass is 16.2. The molecule has 206 valence electrons. The van der Waals surface area contributed by atoms with Crippen LogP contribution >= 0.6 is 0 Å². The minimum atomic E-state index is -0.310. The molecule has 2 fully saturated rings. The number of allylic oxidation sites excluding steroid dienone is 2. The van der Waals surface area contributed by atoms with Crippen molar-refractivity contribution < 1.29 is 14.4 Å². The van der Waals surface area contributed by atoms with Crippen LogP contribution in [0.15, 0.2) is 79.6 Å². The number of pyridine rings is 1. The first-order chi connectivity index (χ1) is 19.4. The zero-order valence-electron chi connectivity index (χ0n) is 22.2. The van der Waals surface area contributed by atoms with E-state index in [-0.39, 0.29) is 24.3 Å². The Hall–Kier alpha value is -4.77. The summed E-state index contributed by atoms with van der Waals surface area (Å²) in [5, 5.41) is 14.7. The molecule has 5 rings (SSSR count). The summed E-state index contributed by atoms with van der Waals surface area (Å²) in [5.74, 6) is 0.167. The normalized spacial score (nSPS) is 15.8. The van der Waals surface area contributed by atoms with Crippen molar-refractivity contribution >= 4 is 40.1 Å². The number of aromatic nitrogens is 3. The summed E-state index contributed by atoms with van der Waals surface area (Å²) in [6.07, 6.45) is 6.49. The molecule has 0 unspecified atom stereocenters. The first-order valence-electron chi connectivity index (χ1n) is 13.2. The number of hydrogen-bond acceptors (Lipinski definition) is 7. The van der Waals surface area contributed by atoms with E-state index in [0.717, 1.165) is 18.5 Å². The van der Waals surface area contributed by atoms with Gasteiger partial charge in [0, 0.05) is 62.1 Å². The molecular formula is C29H32N8O3. The maximum Gasteiger partial charge on any atom is 0.274 e. The fraction of sp³-hybridized carbons (Fsp3) is 0.276. The molecule has 3 N–H and O–H groups in total. The number of carbonyl (C=O) groups is 3. The zero-order chi connectivity index (χ0) is 28.1. The second kappa shape index (κ2) is 12.0. The second-order valence-corrected chi connectivity index (χ2v) is 9.70. The second-order valence-electron chi connectivity index (χ2n) is 9.70. The van der Waals surface area contributed by atoms with E-state index in [1.54, 1.807) is 57.1 Å². The predicted octanol–water partition coefficient (Wildman–Crippen LogP) is 2.04. The lowest BCUT2D eigenvalue weighted by Gasteiger charge is -2.35. The molecule has 2 aromatic heterocycles. The van der Waals surface area contributed by atoms with Crippen molar-refractivity contribution in [2.24, 2.45) is 0 Å². The van der Waals surface area contributed by atoms with Gasteiger partial charge in [-0.3, -0.25) is 19.1 Å². The highest BCUT2D eigenvalue weighted by molar-refractivity contribution is 6.04.